The molecule has 3 atom stereocenters. The first-order valence-electron chi connectivity index (χ1n) is 4.73. The Hall–Kier alpha value is -0.260. The molecule has 2 saturated carbocycles. The van der Waals surface area contributed by atoms with Gasteiger partial charge in [-0.2, -0.15) is 0 Å². The summed E-state index contributed by atoms with van der Waals surface area (Å²) in [5, 5.41) is 0. The highest BCUT2D eigenvalue weighted by Gasteiger charge is 2.66. The molecule has 0 heteroatoms. The highest BCUT2D eigenvalue weighted by Crippen LogP contribution is 2.76. The number of allylic oxidation sites excluding steroid dienone is 1. The fourth-order valence-electron chi connectivity index (χ4n) is 3.50. The van der Waals surface area contributed by atoms with E-state index in [0.29, 0.717) is 10.8 Å². The summed E-state index contributed by atoms with van der Waals surface area (Å²) >= 11 is 0. The van der Waals surface area contributed by atoms with Crippen LogP contribution in [0.4, 0.5) is 0 Å². The van der Waals surface area contributed by atoms with E-state index in [1.807, 2.05) is 0 Å². The Kier molecular flexibility index (Phi) is 1.28. The minimum absolute atomic E-state index is 0.703. The molecule has 0 N–H and O–H groups in total. The van der Waals surface area contributed by atoms with Crippen LogP contribution in [0.2, 0.25) is 0 Å². The smallest absolute Gasteiger partial charge is 0.0201 e. The zero-order valence-electron chi connectivity index (χ0n) is 7.69. The maximum absolute atomic E-state index is 3.85. The normalized spacial score (nSPS) is 53.8. The van der Waals surface area contributed by atoms with E-state index in [4.69, 9.17) is 0 Å². The van der Waals surface area contributed by atoms with Gasteiger partial charge >= 0.3 is 0 Å². The number of rotatable bonds is 2. The summed E-state index contributed by atoms with van der Waals surface area (Å²) in [5.74, 6) is 0.966. The third kappa shape index (κ3) is 0.816. The molecule has 2 fully saturated rings. The Labute approximate surface area is 69.7 Å². The summed E-state index contributed by atoms with van der Waals surface area (Å²) in [6.07, 6.45) is 7.75. The highest BCUT2D eigenvalue weighted by atomic mass is 14.7. The van der Waals surface area contributed by atoms with Crippen LogP contribution >= 0.6 is 0 Å². The first-order valence-corrected chi connectivity index (χ1v) is 4.73. The molecule has 2 rings (SSSR count). The van der Waals surface area contributed by atoms with E-state index >= 15 is 0 Å². The topological polar surface area (TPSA) is 0 Å². The maximum atomic E-state index is 3.85. The molecule has 0 aromatic carbocycles. The molecule has 0 radical (unpaired) electrons. The Bertz CT molecular complexity index is 194. The molecule has 0 bridgehead atoms. The van der Waals surface area contributed by atoms with Crippen molar-refractivity contribution in [2.75, 3.05) is 0 Å². The number of hydrogen-bond donors (Lipinski definition) is 0. The van der Waals surface area contributed by atoms with Gasteiger partial charge in [0.1, 0.15) is 0 Å². The Morgan fingerprint density at radius 1 is 1.55 bits per heavy atom. The van der Waals surface area contributed by atoms with Gasteiger partial charge < -0.3 is 0 Å². The maximum Gasteiger partial charge on any atom is -0.0201 e. The minimum atomic E-state index is 0.703. The third-order valence-corrected chi connectivity index (χ3v) is 3.96. The zero-order chi connectivity index (χ0) is 8.11. The first-order chi connectivity index (χ1) is 5.12. The lowest BCUT2D eigenvalue weighted by molar-refractivity contribution is 0.419. The van der Waals surface area contributed by atoms with Crippen LogP contribution in [0.15, 0.2) is 12.7 Å². The highest BCUT2D eigenvalue weighted by molar-refractivity contribution is 5.18. The van der Waals surface area contributed by atoms with Crippen LogP contribution in [0.1, 0.15) is 39.5 Å². The summed E-state index contributed by atoms with van der Waals surface area (Å²) < 4.78 is 0. The summed E-state index contributed by atoms with van der Waals surface area (Å²) in [5.41, 5.74) is 1.41. The molecule has 0 heterocycles. The Morgan fingerprint density at radius 3 is 2.73 bits per heavy atom. The molecule has 0 aromatic heterocycles. The average Bonchev–Trinajstić information content (AvgIpc) is 2.26. The van der Waals surface area contributed by atoms with Gasteiger partial charge in [-0.05, 0) is 42.4 Å². The fraction of sp³-hybridized carbons (Fsp3) is 0.818. The summed E-state index contributed by atoms with van der Waals surface area (Å²) in [6.45, 7) is 8.70. The standard InChI is InChI=1S/C11H18/c1-4-5-11-7-9(2)6-10(11,3)8-11/h4,9H,1,5-8H2,2-3H3. The molecule has 11 heavy (non-hydrogen) atoms. The van der Waals surface area contributed by atoms with Gasteiger partial charge in [-0.1, -0.05) is 19.9 Å². The SMILES string of the molecule is C=CCC12CC(C)CC1(C)C2. The van der Waals surface area contributed by atoms with E-state index in [-0.39, 0.29) is 0 Å². The van der Waals surface area contributed by atoms with Gasteiger partial charge in [-0.25, -0.2) is 0 Å². The third-order valence-electron chi connectivity index (χ3n) is 3.96. The van der Waals surface area contributed by atoms with E-state index < -0.39 is 0 Å². The van der Waals surface area contributed by atoms with Crippen molar-refractivity contribution in [3.8, 4) is 0 Å². The monoisotopic (exact) mass is 150 g/mol. The molecule has 2 aliphatic carbocycles. The molecule has 0 nitrogen and oxygen atoms in total. The molecule has 0 aromatic rings. The van der Waals surface area contributed by atoms with E-state index in [2.05, 4.69) is 26.5 Å². The van der Waals surface area contributed by atoms with Gasteiger partial charge in [-0.15, -0.1) is 6.58 Å². The van der Waals surface area contributed by atoms with Crippen molar-refractivity contribution in [1.29, 1.82) is 0 Å². The van der Waals surface area contributed by atoms with Gasteiger partial charge in [0.25, 0.3) is 0 Å². The van der Waals surface area contributed by atoms with Crippen molar-refractivity contribution >= 4 is 0 Å². The van der Waals surface area contributed by atoms with E-state index in [1.54, 1.807) is 0 Å². The van der Waals surface area contributed by atoms with Crippen LogP contribution in [0.25, 0.3) is 0 Å². The van der Waals surface area contributed by atoms with Gasteiger partial charge in [0.2, 0.25) is 0 Å². The van der Waals surface area contributed by atoms with Crippen molar-refractivity contribution in [1.82, 2.24) is 0 Å². The van der Waals surface area contributed by atoms with E-state index in [1.165, 1.54) is 25.7 Å². The molecule has 62 valence electrons. The van der Waals surface area contributed by atoms with Crippen molar-refractivity contribution in [2.45, 2.75) is 39.5 Å². The van der Waals surface area contributed by atoms with Crippen LogP contribution in [0, 0.1) is 16.7 Å². The van der Waals surface area contributed by atoms with Crippen LogP contribution in [-0.4, -0.2) is 0 Å². The van der Waals surface area contributed by atoms with Crippen molar-refractivity contribution in [3.63, 3.8) is 0 Å². The van der Waals surface area contributed by atoms with Gasteiger partial charge in [0.15, 0.2) is 0 Å². The van der Waals surface area contributed by atoms with Crippen LogP contribution in [0.5, 0.6) is 0 Å². The predicted molar refractivity (Wildman–Crippen MR) is 48.4 cm³/mol. The van der Waals surface area contributed by atoms with Gasteiger partial charge in [0, 0.05) is 0 Å². The molecule has 0 amide bonds. The molecular formula is C11H18. The molecule has 3 unspecified atom stereocenters. The van der Waals surface area contributed by atoms with E-state index in [9.17, 15) is 0 Å². The first kappa shape index (κ1) is 7.39. The van der Waals surface area contributed by atoms with Crippen molar-refractivity contribution < 1.29 is 0 Å². The lowest BCUT2D eigenvalue weighted by Crippen LogP contribution is -2.01. The second-order valence-electron chi connectivity index (χ2n) is 5.02. The molecule has 0 aliphatic heterocycles. The second kappa shape index (κ2) is 1.91. The lowest BCUT2D eigenvalue weighted by Gasteiger charge is -2.11. The largest absolute Gasteiger partial charge is 0.103 e. The fourth-order valence-corrected chi connectivity index (χ4v) is 3.50. The lowest BCUT2D eigenvalue weighted by atomic mass is 9.94. The molecule has 2 aliphatic rings. The number of hydrogen-bond acceptors (Lipinski definition) is 0. The Morgan fingerprint density at radius 2 is 2.27 bits per heavy atom. The predicted octanol–water partition coefficient (Wildman–Crippen LogP) is 3.39. The molecular weight excluding hydrogens is 132 g/mol. The summed E-state index contributed by atoms with van der Waals surface area (Å²) in [6, 6.07) is 0. The molecule has 0 saturated heterocycles. The zero-order valence-corrected chi connectivity index (χ0v) is 7.69. The molecule has 0 spiro atoms. The van der Waals surface area contributed by atoms with Crippen molar-refractivity contribution in [3.05, 3.63) is 12.7 Å². The number of fused-ring (bicyclic) bond motifs is 1. The quantitative estimate of drug-likeness (QED) is 0.529. The van der Waals surface area contributed by atoms with Gasteiger partial charge in [-0.3, -0.25) is 0 Å². The van der Waals surface area contributed by atoms with Crippen molar-refractivity contribution in [2.24, 2.45) is 16.7 Å². The van der Waals surface area contributed by atoms with Crippen LogP contribution in [0.3, 0.4) is 0 Å². The summed E-state index contributed by atoms with van der Waals surface area (Å²) in [4.78, 5) is 0. The Balaban J connectivity index is 2.13. The average molecular weight is 150 g/mol. The van der Waals surface area contributed by atoms with Crippen LogP contribution < -0.4 is 0 Å². The van der Waals surface area contributed by atoms with E-state index in [0.717, 1.165) is 5.92 Å². The van der Waals surface area contributed by atoms with Crippen LogP contribution in [-0.2, 0) is 0 Å². The summed E-state index contributed by atoms with van der Waals surface area (Å²) in [7, 11) is 0. The van der Waals surface area contributed by atoms with Gasteiger partial charge in [0.05, 0.1) is 0 Å². The minimum Gasteiger partial charge on any atom is -0.103 e. The second-order valence-corrected chi connectivity index (χ2v) is 5.02.